The maximum atomic E-state index is 13.4. The number of halogens is 2. The van der Waals surface area contributed by atoms with Crippen molar-refractivity contribution in [2.24, 2.45) is 12.8 Å². The molecule has 18 heavy (non-hydrogen) atoms. The van der Waals surface area contributed by atoms with E-state index in [-0.39, 0.29) is 5.56 Å². The number of ketones is 1. The van der Waals surface area contributed by atoms with Gasteiger partial charge >= 0.3 is 0 Å². The smallest absolute Gasteiger partial charge is 0.187 e. The standard InChI is InChI=1S/C12H11F2N3O/c1-17-6-7(5-16-17)11(15)12(18)9-4-8(13)2-3-10(9)14/h2-6,11H,15H2,1H3. The van der Waals surface area contributed by atoms with Crippen LogP contribution in [-0.4, -0.2) is 15.6 Å². The van der Waals surface area contributed by atoms with Crippen LogP contribution >= 0.6 is 0 Å². The number of rotatable bonds is 3. The summed E-state index contributed by atoms with van der Waals surface area (Å²) in [6.45, 7) is 0. The minimum atomic E-state index is -1.06. The van der Waals surface area contributed by atoms with Crippen LogP contribution in [0.3, 0.4) is 0 Å². The number of carbonyl (C=O) groups is 1. The minimum absolute atomic E-state index is 0.355. The van der Waals surface area contributed by atoms with Crippen LogP contribution in [0.4, 0.5) is 8.78 Å². The predicted molar refractivity (Wildman–Crippen MR) is 60.8 cm³/mol. The van der Waals surface area contributed by atoms with E-state index in [4.69, 9.17) is 5.73 Å². The van der Waals surface area contributed by atoms with Crippen LogP contribution in [0.5, 0.6) is 0 Å². The van der Waals surface area contributed by atoms with Crippen molar-refractivity contribution in [3.63, 3.8) is 0 Å². The van der Waals surface area contributed by atoms with E-state index in [1.165, 1.54) is 10.9 Å². The van der Waals surface area contributed by atoms with Crippen molar-refractivity contribution in [2.75, 3.05) is 0 Å². The predicted octanol–water partition coefficient (Wildman–Crippen LogP) is 1.58. The van der Waals surface area contributed by atoms with Gasteiger partial charge in [-0.2, -0.15) is 5.10 Å². The molecule has 0 amide bonds. The molecule has 0 spiro atoms. The van der Waals surface area contributed by atoms with Crippen molar-refractivity contribution in [1.29, 1.82) is 0 Å². The minimum Gasteiger partial charge on any atom is -0.317 e. The molecule has 1 heterocycles. The summed E-state index contributed by atoms with van der Waals surface area (Å²) >= 11 is 0. The monoisotopic (exact) mass is 251 g/mol. The molecule has 0 aliphatic rings. The lowest BCUT2D eigenvalue weighted by atomic mass is 10.0. The molecular formula is C12H11F2N3O. The van der Waals surface area contributed by atoms with E-state index < -0.39 is 23.5 Å². The highest BCUT2D eigenvalue weighted by Gasteiger charge is 2.22. The van der Waals surface area contributed by atoms with Crippen LogP contribution in [0.2, 0.25) is 0 Å². The second kappa shape index (κ2) is 4.66. The lowest BCUT2D eigenvalue weighted by Crippen LogP contribution is -2.22. The van der Waals surface area contributed by atoms with Gasteiger partial charge in [0, 0.05) is 18.8 Å². The van der Waals surface area contributed by atoms with Gasteiger partial charge in [0.25, 0.3) is 0 Å². The molecule has 0 aliphatic heterocycles. The Hall–Kier alpha value is -2.08. The molecule has 1 atom stereocenters. The van der Waals surface area contributed by atoms with Gasteiger partial charge in [0.05, 0.1) is 17.8 Å². The summed E-state index contributed by atoms with van der Waals surface area (Å²) in [5.74, 6) is -2.15. The van der Waals surface area contributed by atoms with Crippen molar-refractivity contribution in [2.45, 2.75) is 6.04 Å². The number of nitrogens with zero attached hydrogens (tertiary/aromatic N) is 2. The first-order valence-electron chi connectivity index (χ1n) is 5.22. The molecular weight excluding hydrogens is 240 g/mol. The highest BCUT2D eigenvalue weighted by molar-refractivity contribution is 6.00. The summed E-state index contributed by atoms with van der Waals surface area (Å²) in [4.78, 5) is 12.0. The zero-order valence-electron chi connectivity index (χ0n) is 9.60. The molecule has 0 saturated carbocycles. The molecule has 0 fully saturated rings. The Labute approximate surface area is 102 Å². The number of hydrogen-bond donors (Lipinski definition) is 1. The SMILES string of the molecule is Cn1cc(C(N)C(=O)c2cc(F)ccc2F)cn1. The van der Waals surface area contributed by atoms with E-state index in [1.54, 1.807) is 13.2 Å². The fourth-order valence-corrected chi connectivity index (χ4v) is 1.61. The van der Waals surface area contributed by atoms with Crippen LogP contribution < -0.4 is 5.73 Å². The highest BCUT2D eigenvalue weighted by Crippen LogP contribution is 2.18. The Bertz CT molecular complexity index is 595. The first kappa shape index (κ1) is 12.4. The Balaban J connectivity index is 2.33. The lowest BCUT2D eigenvalue weighted by molar-refractivity contribution is 0.0957. The Morgan fingerprint density at radius 2 is 2.17 bits per heavy atom. The van der Waals surface area contributed by atoms with Crippen molar-refractivity contribution >= 4 is 5.78 Å². The number of carbonyl (C=O) groups excluding carboxylic acids is 1. The van der Waals surface area contributed by atoms with E-state index >= 15 is 0 Å². The Morgan fingerprint density at radius 1 is 1.44 bits per heavy atom. The molecule has 1 aromatic heterocycles. The molecule has 94 valence electrons. The average Bonchev–Trinajstić information content (AvgIpc) is 2.77. The van der Waals surface area contributed by atoms with Gasteiger partial charge in [-0.25, -0.2) is 8.78 Å². The van der Waals surface area contributed by atoms with Crippen LogP contribution in [0.25, 0.3) is 0 Å². The normalized spacial score (nSPS) is 12.4. The van der Waals surface area contributed by atoms with Gasteiger partial charge in [-0.3, -0.25) is 9.48 Å². The maximum absolute atomic E-state index is 13.4. The number of benzene rings is 1. The number of aromatic nitrogens is 2. The molecule has 0 saturated heterocycles. The van der Waals surface area contributed by atoms with E-state index in [0.717, 1.165) is 18.2 Å². The van der Waals surface area contributed by atoms with Crippen molar-refractivity contribution in [1.82, 2.24) is 9.78 Å². The second-order valence-electron chi connectivity index (χ2n) is 3.91. The molecule has 4 nitrogen and oxygen atoms in total. The zero-order valence-corrected chi connectivity index (χ0v) is 9.60. The number of Topliss-reactive ketones (excluding diaryl/α,β-unsaturated/α-hetero) is 1. The molecule has 0 radical (unpaired) electrons. The second-order valence-corrected chi connectivity index (χ2v) is 3.91. The summed E-state index contributed by atoms with van der Waals surface area (Å²) in [6.07, 6.45) is 2.97. The van der Waals surface area contributed by atoms with Gasteiger partial charge in [0.1, 0.15) is 11.6 Å². The van der Waals surface area contributed by atoms with E-state index in [9.17, 15) is 13.6 Å². The fraction of sp³-hybridized carbons (Fsp3) is 0.167. The van der Waals surface area contributed by atoms with Gasteiger partial charge in [-0.15, -0.1) is 0 Å². The summed E-state index contributed by atoms with van der Waals surface area (Å²) in [6, 6.07) is 1.63. The Morgan fingerprint density at radius 3 is 2.78 bits per heavy atom. The third-order valence-electron chi connectivity index (χ3n) is 2.56. The van der Waals surface area contributed by atoms with Crippen LogP contribution in [-0.2, 0) is 7.05 Å². The van der Waals surface area contributed by atoms with Gasteiger partial charge in [-0.1, -0.05) is 0 Å². The number of nitrogens with two attached hydrogens (primary N) is 1. The van der Waals surface area contributed by atoms with E-state index in [2.05, 4.69) is 5.10 Å². The van der Waals surface area contributed by atoms with E-state index in [0.29, 0.717) is 5.56 Å². The Kier molecular flexibility index (Phi) is 3.20. The first-order chi connectivity index (χ1) is 8.49. The topological polar surface area (TPSA) is 60.9 Å². The summed E-state index contributed by atoms with van der Waals surface area (Å²) in [5, 5.41) is 3.87. The van der Waals surface area contributed by atoms with Gasteiger partial charge in [0.15, 0.2) is 5.78 Å². The maximum Gasteiger partial charge on any atom is 0.187 e. The molecule has 6 heteroatoms. The molecule has 1 aromatic carbocycles. The molecule has 2 N–H and O–H groups in total. The summed E-state index contributed by atoms with van der Waals surface area (Å²) in [5.41, 5.74) is 5.81. The van der Waals surface area contributed by atoms with Crippen molar-refractivity contribution in [3.05, 3.63) is 53.4 Å². The van der Waals surface area contributed by atoms with Gasteiger partial charge in [-0.05, 0) is 18.2 Å². The highest BCUT2D eigenvalue weighted by atomic mass is 19.1. The fourth-order valence-electron chi connectivity index (χ4n) is 1.61. The van der Waals surface area contributed by atoms with Crippen molar-refractivity contribution < 1.29 is 13.6 Å². The van der Waals surface area contributed by atoms with E-state index in [1.807, 2.05) is 0 Å². The lowest BCUT2D eigenvalue weighted by Gasteiger charge is -2.09. The first-order valence-corrected chi connectivity index (χ1v) is 5.22. The zero-order chi connectivity index (χ0) is 13.3. The largest absolute Gasteiger partial charge is 0.317 e. The molecule has 1 unspecified atom stereocenters. The van der Waals surface area contributed by atoms with Gasteiger partial charge in [0.2, 0.25) is 0 Å². The number of hydrogen-bond acceptors (Lipinski definition) is 3. The van der Waals surface area contributed by atoms with Crippen LogP contribution in [0, 0.1) is 11.6 Å². The molecule has 0 aliphatic carbocycles. The summed E-state index contributed by atoms with van der Waals surface area (Å²) in [7, 11) is 1.67. The molecule has 2 aromatic rings. The van der Waals surface area contributed by atoms with Crippen LogP contribution in [0.15, 0.2) is 30.6 Å². The number of aryl methyl sites for hydroxylation is 1. The third-order valence-corrected chi connectivity index (χ3v) is 2.56. The quantitative estimate of drug-likeness (QED) is 0.842. The molecule has 2 rings (SSSR count). The van der Waals surface area contributed by atoms with Gasteiger partial charge < -0.3 is 5.73 Å². The van der Waals surface area contributed by atoms with Crippen molar-refractivity contribution in [3.8, 4) is 0 Å². The van der Waals surface area contributed by atoms with Crippen LogP contribution in [0.1, 0.15) is 22.0 Å². The molecule has 0 bridgehead atoms. The average molecular weight is 251 g/mol. The third kappa shape index (κ3) is 2.28. The summed E-state index contributed by atoms with van der Waals surface area (Å²) < 4.78 is 27.9.